The molecule has 1 aliphatic rings. The van der Waals surface area contributed by atoms with Gasteiger partial charge in [0.2, 0.25) is 0 Å². The number of hydrogen-bond acceptors (Lipinski definition) is 4. The number of fused-ring (bicyclic) bond motifs is 3. The summed E-state index contributed by atoms with van der Waals surface area (Å²) in [4.78, 5) is 9.15. The molecule has 0 fully saturated rings. The molecule has 2 aromatic heterocycles. The molecule has 0 radical (unpaired) electrons. The summed E-state index contributed by atoms with van der Waals surface area (Å²) in [5, 5.41) is 2.23. The van der Waals surface area contributed by atoms with Gasteiger partial charge in [-0.1, -0.05) is 122 Å². The Bertz CT molecular complexity index is 2500. The fraction of sp³-hybridized carbons (Fsp3) is 0.224. The number of hydrogen-bond donors (Lipinski definition) is 0. The molecule has 6 heteroatoms. The normalized spacial score (nSPS) is 13.5. The molecule has 0 N–H and O–H groups in total. The maximum absolute atomic E-state index is 6.68. The molecule has 0 saturated carbocycles. The van der Waals surface area contributed by atoms with Crippen LogP contribution in [-0.2, 0) is 37.3 Å². The summed E-state index contributed by atoms with van der Waals surface area (Å²) in [5.41, 5.74) is 8.67. The summed E-state index contributed by atoms with van der Waals surface area (Å²) in [6.45, 7) is 20.0. The first-order valence-corrected chi connectivity index (χ1v) is 18.7. The molecule has 5 nitrogen and oxygen atoms in total. The predicted molar refractivity (Wildman–Crippen MR) is 224 cm³/mol. The molecule has 0 aliphatic carbocycles. The van der Waals surface area contributed by atoms with Crippen molar-refractivity contribution in [2.45, 2.75) is 71.6 Å². The third-order valence-electron chi connectivity index (χ3n) is 10.6. The summed E-state index contributed by atoms with van der Waals surface area (Å²) in [6.07, 6.45) is 6.06. The predicted octanol–water partition coefficient (Wildman–Crippen LogP) is 12.4. The van der Waals surface area contributed by atoms with Gasteiger partial charge in [0.05, 0.1) is 0 Å². The molecule has 5 aromatic carbocycles. The molecule has 0 saturated heterocycles. The fourth-order valence-electron chi connectivity index (χ4n) is 7.18. The third kappa shape index (κ3) is 7.47. The van der Waals surface area contributed by atoms with Crippen LogP contribution in [0.1, 0.15) is 77.6 Å². The van der Waals surface area contributed by atoms with Crippen molar-refractivity contribution in [3.8, 4) is 17.3 Å². The van der Waals surface area contributed by atoms with E-state index in [0.29, 0.717) is 11.5 Å². The fourth-order valence-corrected chi connectivity index (χ4v) is 7.18. The van der Waals surface area contributed by atoms with Gasteiger partial charge in [0.15, 0.2) is 0 Å². The number of pyridine rings is 1. The first-order chi connectivity index (χ1) is 25.8. The number of para-hydroxylation sites is 1. The maximum atomic E-state index is 6.68. The number of benzene rings is 5. The van der Waals surface area contributed by atoms with Gasteiger partial charge in [0, 0.05) is 55.4 Å². The van der Waals surface area contributed by atoms with Crippen LogP contribution < -0.4 is 14.5 Å². The largest absolute Gasteiger partial charge is 0.509 e. The Labute approximate surface area is 340 Å². The minimum absolute atomic E-state index is 0. The van der Waals surface area contributed by atoms with Crippen molar-refractivity contribution in [2.75, 3.05) is 9.80 Å². The van der Waals surface area contributed by atoms with E-state index >= 15 is 0 Å². The van der Waals surface area contributed by atoms with E-state index in [-0.39, 0.29) is 37.3 Å². The molecule has 1 aliphatic heterocycles. The smallest absolute Gasteiger partial charge is 0.135 e. The molecule has 0 bridgehead atoms. The Hall–Kier alpha value is -5.12. The van der Waals surface area contributed by atoms with E-state index in [1.54, 1.807) is 0 Å². The van der Waals surface area contributed by atoms with Gasteiger partial charge in [-0.15, -0.1) is 53.6 Å². The van der Waals surface area contributed by atoms with Gasteiger partial charge in [0.1, 0.15) is 5.82 Å². The number of aromatic nitrogens is 2. The zero-order valence-electron chi connectivity index (χ0n) is 32.8. The standard InChI is InChI=1S/C49H47N4O.Pt/c1-47(2,3)34-18-20-38(21-19-34)51-26-27-52(33-51)39-28-37(48(4,5)6)29-41(31-39)54-40-22-23-43-42-16-12-13-17-44(42)53(45(43)32-40)46-30-36(24-25-50-46)49(7,8)35-14-10-9-11-15-35;/h9-30,33H,1-8H3;/q-3;. The SMILES string of the molecule is CC(C)(C)c1ccc(N2C=CN(c3[c-]c(Oc4[c-]c5c(cc4)c4ccccc4n5-c4cc(C(C)(C)c5ccccc5)ccn4)cc(C(C)(C)C)c3)[CH-]2)cc1.[Pt]. The second-order valence-electron chi connectivity index (χ2n) is 16.8. The van der Waals surface area contributed by atoms with Crippen LogP contribution >= 0.6 is 0 Å². The van der Waals surface area contributed by atoms with E-state index in [0.717, 1.165) is 44.6 Å². The minimum Gasteiger partial charge on any atom is -0.509 e. The van der Waals surface area contributed by atoms with Gasteiger partial charge < -0.3 is 19.1 Å². The zero-order chi connectivity index (χ0) is 37.8. The number of nitrogens with zero attached hydrogens (tertiary/aromatic N) is 4. The van der Waals surface area contributed by atoms with E-state index < -0.39 is 0 Å². The van der Waals surface area contributed by atoms with Gasteiger partial charge in [-0.3, -0.25) is 0 Å². The minimum atomic E-state index is -0.211. The van der Waals surface area contributed by atoms with Gasteiger partial charge in [-0.05, 0) is 75.6 Å². The molecule has 3 heterocycles. The Morgan fingerprint density at radius 1 is 0.582 bits per heavy atom. The van der Waals surface area contributed by atoms with Gasteiger partial charge in [-0.25, -0.2) is 4.98 Å². The maximum Gasteiger partial charge on any atom is 0.135 e. The first-order valence-electron chi connectivity index (χ1n) is 18.7. The molecule has 55 heavy (non-hydrogen) atoms. The summed E-state index contributed by atoms with van der Waals surface area (Å²) < 4.78 is 8.88. The molecular formula is C49H47N4OPt-3. The van der Waals surface area contributed by atoms with Crippen molar-refractivity contribution in [1.82, 2.24) is 9.55 Å². The molecule has 0 atom stereocenters. The topological polar surface area (TPSA) is 33.5 Å². The summed E-state index contributed by atoms with van der Waals surface area (Å²) in [6, 6.07) is 47.8. The van der Waals surface area contributed by atoms with E-state index in [2.05, 4.69) is 210 Å². The molecule has 0 spiro atoms. The molecular weight excluding hydrogens is 856 g/mol. The van der Waals surface area contributed by atoms with Crippen molar-refractivity contribution in [1.29, 1.82) is 0 Å². The van der Waals surface area contributed by atoms with Crippen LogP contribution in [0.3, 0.4) is 0 Å². The summed E-state index contributed by atoms with van der Waals surface area (Å²) in [7, 11) is 0. The average Bonchev–Trinajstić information content (AvgIpc) is 3.78. The van der Waals surface area contributed by atoms with Gasteiger partial charge >= 0.3 is 0 Å². The van der Waals surface area contributed by atoms with Crippen LogP contribution in [0.4, 0.5) is 11.4 Å². The van der Waals surface area contributed by atoms with E-state index in [4.69, 9.17) is 9.72 Å². The molecule has 7 aromatic rings. The monoisotopic (exact) mass is 902 g/mol. The Kier molecular flexibility index (Phi) is 10.1. The zero-order valence-corrected chi connectivity index (χ0v) is 35.1. The van der Waals surface area contributed by atoms with Crippen LogP contribution in [0.5, 0.6) is 11.5 Å². The van der Waals surface area contributed by atoms with Crippen LogP contribution in [0.25, 0.3) is 27.6 Å². The van der Waals surface area contributed by atoms with E-state index in [1.807, 2.05) is 12.3 Å². The first kappa shape index (κ1) is 38.2. The van der Waals surface area contributed by atoms with Crippen molar-refractivity contribution in [3.05, 3.63) is 175 Å². The van der Waals surface area contributed by atoms with Crippen molar-refractivity contribution < 1.29 is 25.8 Å². The van der Waals surface area contributed by atoms with Crippen molar-refractivity contribution in [3.63, 3.8) is 0 Å². The summed E-state index contributed by atoms with van der Waals surface area (Å²) in [5.74, 6) is 2.09. The second-order valence-corrected chi connectivity index (χ2v) is 16.8. The second kappa shape index (κ2) is 14.5. The summed E-state index contributed by atoms with van der Waals surface area (Å²) >= 11 is 0. The van der Waals surface area contributed by atoms with Crippen LogP contribution in [0, 0.1) is 18.8 Å². The Morgan fingerprint density at radius 2 is 1.27 bits per heavy atom. The van der Waals surface area contributed by atoms with Crippen molar-refractivity contribution in [2.24, 2.45) is 0 Å². The third-order valence-corrected chi connectivity index (χ3v) is 10.6. The van der Waals surface area contributed by atoms with Crippen LogP contribution in [0.2, 0.25) is 0 Å². The average molecular weight is 903 g/mol. The van der Waals surface area contributed by atoms with Gasteiger partial charge in [0.25, 0.3) is 0 Å². The Balaban J connectivity index is 0.00000465. The van der Waals surface area contributed by atoms with Crippen LogP contribution in [0.15, 0.2) is 134 Å². The number of ether oxygens (including phenoxy) is 1. The Morgan fingerprint density at radius 3 is 2.00 bits per heavy atom. The van der Waals surface area contributed by atoms with E-state index in [1.165, 1.54) is 16.7 Å². The van der Waals surface area contributed by atoms with Crippen molar-refractivity contribution >= 4 is 33.2 Å². The molecule has 0 amide bonds. The molecule has 0 unspecified atom stereocenters. The number of rotatable bonds is 7. The van der Waals surface area contributed by atoms with Gasteiger partial charge in [-0.2, -0.15) is 6.07 Å². The number of anilines is 2. The molecule has 8 rings (SSSR count). The quantitative estimate of drug-likeness (QED) is 0.149. The molecule has 282 valence electrons. The van der Waals surface area contributed by atoms with Crippen LogP contribution in [-0.4, -0.2) is 9.55 Å². The van der Waals surface area contributed by atoms with E-state index in [9.17, 15) is 0 Å².